The van der Waals surface area contributed by atoms with E-state index in [1.54, 1.807) is 24.3 Å². The van der Waals surface area contributed by atoms with Gasteiger partial charge in [-0.05, 0) is 66.6 Å². The summed E-state index contributed by atoms with van der Waals surface area (Å²) >= 11 is 9.54. The van der Waals surface area contributed by atoms with Gasteiger partial charge in [0.25, 0.3) is 5.91 Å². The van der Waals surface area contributed by atoms with E-state index in [9.17, 15) is 10.1 Å². The summed E-state index contributed by atoms with van der Waals surface area (Å²) in [5.74, 6) is 0.0281. The maximum Gasteiger partial charge on any atom is 0.266 e. The molecule has 0 aromatic heterocycles. The van der Waals surface area contributed by atoms with Crippen molar-refractivity contribution in [2.75, 3.05) is 5.32 Å². The molecule has 0 saturated heterocycles. The van der Waals surface area contributed by atoms with Crippen molar-refractivity contribution in [3.63, 3.8) is 0 Å². The Bertz CT molecular complexity index is 1130. The quantitative estimate of drug-likeness (QED) is 0.321. The minimum Gasteiger partial charge on any atom is -0.488 e. The molecule has 0 fully saturated rings. The van der Waals surface area contributed by atoms with Gasteiger partial charge in [-0.15, -0.1) is 0 Å². The monoisotopic (exact) mass is 480 g/mol. The Morgan fingerprint density at radius 2 is 1.93 bits per heavy atom. The normalized spacial score (nSPS) is 10.9. The number of nitrogens with zero attached hydrogens (tertiary/aromatic N) is 1. The number of amides is 1. The molecular weight excluding hydrogens is 464 g/mol. The summed E-state index contributed by atoms with van der Waals surface area (Å²) in [5, 5.41) is 12.8. The van der Waals surface area contributed by atoms with Gasteiger partial charge in [-0.1, -0.05) is 51.8 Å². The Labute approximate surface area is 188 Å². The number of benzene rings is 3. The van der Waals surface area contributed by atoms with Crippen molar-refractivity contribution < 1.29 is 9.53 Å². The van der Waals surface area contributed by atoms with E-state index in [1.165, 1.54) is 6.08 Å². The van der Waals surface area contributed by atoms with Crippen molar-refractivity contribution in [3.05, 3.63) is 98.5 Å². The molecule has 3 rings (SSSR count). The van der Waals surface area contributed by atoms with Crippen LogP contribution >= 0.6 is 27.5 Å². The molecule has 0 bridgehead atoms. The number of hydrogen-bond donors (Lipinski definition) is 1. The molecule has 6 heteroatoms. The van der Waals surface area contributed by atoms with E-state index < -0.39 is 5.91 Å². The van der Waals surface area contributed by atoms with Crippen LogP contribution in [0.4, 0.5) is 5.69 Å². The molecule has 30 heavy (non-hydrogen) atoms. The molecule has 0 atom stereocenters. The molecular formula is C24H18BrClN2O2. The summed E-state index contributed by atoms with van der Waals surface area (Å²) in [5.41, 5.74) is 3.12. The van der Waals surface area contributed by atoms with Crippen LogP contribution in [-0.2, 0) is 11.4 Å². The van der Waals surface area contributed by atoms with E-state index in [2.05, 4.69) is 21.2 Å². The molecule has 150 valence electrons. The first-order valence-electron chi connectivity index (χ1n) is 9.11. The van der Waals surface area contributed by atoms with Crippen molar-refractivity contribution in [2.24, 2.45) is 0 Å². The van der Waals surface area contributed by atoms with Crippen LogP contribution in [0, 0.1) is 18.3 Å². The third kappa shape index (κ3) is 5.96. The van der Waals surface area contributed by atoms with Gasteiger partial charge in [0, 0.05) is 20.7 Å². The van der Waals surface area contributed by atoms with Gasteiger partial charge in [-0.3, -0.25) is 4.79 Å². The van der Waals surface area contributed by atoms with Crippen molar-refractivity contribution >= 4 is 45.2 Å². The number of carbonyl (C=O) groups excluding carboxylic acids is 1. The fraction of sp³-hybridized carbons (Fsp3) is 0.0833. The number of ether oxygens (including phenoxy) is 1. The van der Waals surface area contributed by atoms with Crippen LogP contribution in [0.25, 0.3) is 6.08 Å². The zero-order valence-corrected chi connectivity index (χ0v) is 18.5. The SMILES string of the molecule is Cc1cccc(NC(=O)/C(C#N)=C/c2cc(Cl)ccc2OCc2ccc(Br)cc2)c1. The summed E-state index contributed by atoms with van der Waals surface area (Å²) in [6.07, 6.45) is 1.48. The van der Waals surface area contributed by atoms with Gasteiger partial charge < -0.3 is 10.1 Å². The van der Waals surface area contributed by atoms with Crippen LogP contribution in [0.2, 0.25) is 5.02 Å². The number of halogens is 2. The largest absolute Gasteiger partial charge is 0.488 e. The molecule has 0 spiro atoms. The van der Waals surface area contributed by atoms with Crippen LogP contribution < -0.4 is 10.1 Å². The molecule has 4 nitrogen and oxygen atoms in total. The van der Waals surface area contributed by atoms with Gasteiger partial charge in [0.05, 0.1) is 0 Å². The predicted octanol–water partition coefficient (Wildman–Crippen LogP) is 6.54. The van der Waals surface area contributed by atoms with Crippen LogP contribution in [0.5, 0.6) is 5.75 Å². The topological polar surface area (TPSA) is 62.1 Å². The van der Waals surface area contributed by atoms with Crippen molar-refractivity contribution in [2.45, 2.75) is 13.5 Å². The summed E-state index contributed by atoms with van der Waals surface area (Å²) in [6, 6.07) is 22.2. The van der Waals surface area contributed by atoms with Crippen molar-refractivity contribution in [1.29, 1.82) is 5.26 Å². The first-order chi connectivity index (χ1) is 14.4. The molecule has 3 aromatic carbocycles. The van der Waals surface area contributed by atoms with E-state index in [0.717, 1.165) is 15.6 Å². The number of carbonyl (C=O) groups is 1. The highest BCUT2D eigenvalue weighted by Gasteiger charge is 2.12. The Hall–Kier alpha value is -3.07. The van der Waals surface area contributed by atoms with E-state index in [-0.39, 0.29) is 5.57 Å². The lowest BCUT2D eigenvalue weighted by Crippen LogP contribution is -2.13. The average Bonchev–Trinajstić information content (AvgIpc) is 2.72. The van der Waals surface area contributed by atoms with Gasteiger partial charge >= 0.3 is 0 Å². The molecule has 0 aliphatic heterocycles. The lowest BCUT2D eigenvalue weighted by Gasteiger charge is -2.11. The molecule has 0 heterocycles. The Morgan fingerprint density at radius 3 is 2.63 bits per heavy atom. The highest BCUT2D eigenvalue weighted by atomic mass is 79.9. The van der Waals surface area contributed by atoms with Crippen LogP contribution in [0.1, 0.15) is 16.7 Å². The Balaban J connectivity index is 1.82. The smallest absolute Gasteiger partial charge is 0.266 e. The zero-order valence-electron chi connectivity index (χ0n) is 16.2. The number of anilines is 1. The van der Waals surface area contributed by atoms with Gasteiger partial charge in [0.1, 0.15) is 24.0 Å². The van der Waals surface area contributed by atoms with Crippen LogP contribution in [0.3, 0.4) is 0 Å². The Morgan fingerprint density at radius 1 is 1.17 bits per heavy atom. The molecule has 0 aliphatic carbocycles. The van der Waals surface area contributed by atoms with Crippen molar-refractivity contribution in [1.82, 2.24) is 0 Å². The maximum atomic E-state index is 12.6. The van der Waals surface area contributed by atoms with Gasteiger partial charge in [-0.25, -0.2) is 0 Å². The number of nitriles is 1. The molecule has 1 N–H and O–H groups in total. The molecule has 0 aliphatic rings. The number of aryl methyl sites for hydroxylation is 1. The summed E-state index contributed by atoms with van der Waals surface area (Å²) < 4.78 is 6.90. The van der Waals surface area contributed by atoms with Gasteiger partial charge in [0.15, 0.2) is 0 Å². The summed E-state index contributed by atoms with van der Waals surface area (Å²) in [6.45, 7) is 2.27. The fourth-order valence-electron chi connectivity index (χ4n) is 2.73. The van der Waals surface area contributed by atoms with E-state index in [0.29, 0.717) is 28.6 Å². The Kier molecular flexibility index (Phi) is 7.29. The third-order valence-electron chi connectivity index (χ3n) is 4.22. The van der Waals surface area contributed by atoms with E-state index in [1.807, 2.05) is 55.5 Å². The predicted molar refractivity (Wildman–Crippen MR) is 123 cm³/mol. The molecule has 0 radical (unpaired) electrons. The molecule has 3 aromatic rings. The minimum atomic E-state index is -0.498. The first kappa shape index (κ1) is 21.6. The second-order valence-corrected chi connectivity index (χ2v) is 7.94. The fourth-order valence-corrected chi connectivity index (χ4v) is 3.18. The second-order valence-electron chi connectivity index (χ2n) is 6.59. The van der Waals surface area contributed by atoms with Gasteiger partial charge in [-0.2, -0.15) is 5.26 Å². The molecule has 0 saturated carbocycles. The maximum absolute atomic E-state index is 12.6. The minimum absolute atomic E-state index is 0.0488. The highest BCUT2D eigenvalue weighted by molar-refractivity contribution is 9.10. The second kappa shape index (κ2) is 10.1. The lowest BCUT2D eigenvalue weighted by atomic mass is 10.1. The summed E-state index contributed by atoms with van der Waals surface area (Å²) in [4.78, 5) is 12.6. The number of rotatable bonds is 6. The highest BCUT2D eigenvalue weighted by Crippen LogP contribution is 2.27. The van der Waals surface area contributed by atoms with E-state index in [4.69, 9.17) is 16.3 Å². The lowest BCUT2D eigenvalue weighted by molar-refractivity contribution is -0.112. The van der Waals surface area contributed by atoms with Crippen LogP contribution in [-0.4, -0.2) is 5.91 Å². The molecule has 1 amide bonds. The number of nitrogens with one attached hydrogen (secondary N) is 1. The van der Waals surface area contributed by atoms with Crippen molar-refractivity contribution in [3.8, 4) is 11.8 Å². The van der Waals surface area contributed by atoms with Crippen LogP contribution in [0.15, 0.2) is 76.8 Å². The first-order valence-corrected chi connectivity index (χ1v) is 10.3. The third-order valence-corrected chi connectivity index (χ3v) is 4.98. The van der Waals surface area contributed by atoms with E-state index >= 15 is 0 Å². The average molecular weight is 482 g/mol. The molecule has 0 unspecified atom stereocenters. The summed E-state index contributed by atoms with van der Waals surface area (Å²) in [7, 11) is 0. The zero-order chi connectivity index (χ0) is 21.5. The standard InChI is InChI=1S/C24H18BrClN2O2/c1-16-3-2-4-22(11-16)28-24(29)19(14-27)12-18-13-21(26)9-10-23(18)30-15-17-5-7-20(25)8-6-17/h2-13H,15H2,1H3,(H,28,29)/b19-12+. The number of hydrogen-bond acceptors (Lipinski definition) is 3. The van der Waals surface area contributed by atoms with Gasteiger partial charge in [0.2, 0.25) is 0 Å².